The van der Waals surface area contributed by atoms with Crippen LogP contribution in [0, 0.1) is 11.2 Å². The molecule has 5 aromatic heterocycles. The lowest BCUT2D eigenvalue weighted by molar-refractivity contribution is 0.411. The number of aromatic nitrogens is 7. The number of imidazole rings is 1. The fraction of sp³-hybridized carbons (Fsp3) is 0.167. The van der Waals surface area contributed by atoms with Crippen LogP contribution in [0.2, 0.25) is 0 Å². The topological polar surface area (TPSA) is 108 Å². The standard InChI is InChI=1S/C30H27FN8/c1-17(13-30(2,3)4)35-22-11-19(14-32-16-22)20-12-23-26(38-39-28(23)34-15-20)29-36-24-8-9-33-25(27(24)37-29)18-6-5-7-21(31)10-18/h5-12,14-16,35H,1,13H2,2-4H3,(H,36,37)(H,34,38,39). The minimum absolute atomic E-state index is 0.131. The highest BCUT2D eigenvalue weighted by Crippen LogP contribution is 2.32. The number of halogens is 1. The number of anilines is 1. The van der Waals surface area contributed by atoms with Gasteiger partial charge in [-0.05, 0) is 42.2 Å². The molecule has 194 valence electrons. The number of fused-ring (bicyclic) bond motifs is 2. The molecule has 0 saturated carbocycles. The Morgan fingerprint density at radius 2 is 1.85 bits per heavy atom. The summed E-state index contributed by atoms with van der Waals surface area (Å²) in [5.41, 5.74) is 7.67. The van der Waals surface area contributed by atoms with E-state index in [0.29, 0.717) is 33.9 Å². The average Bonchev–Trinajstić information content (AvgIpc) is 3.51. The lowest BCUT2D eigenvalue weighted by Crippen LogP contribution is -2.10. The predicted molar refractivity (Wildman–Crippen MR) is 152 cm³/mol. The van der Waals surface area contributed by atoms with Crippen LogP contribution in [0.3, 0.4) is 0 Å². The minimum atomic E-state index is -0.326. The number of rotatable bonds is 6. The molecule has 0 atom stereocenters. The Hall–Kier alpha value is -4.92. The number of nitrogens with one attached hydrogen (secondary N) is 3. The number of benzene rings is 1. The van der Waals surface area contributed by atoms with Crippen LogP contribution >= 0.6 is 0 Å². The Bertz CT molecular complexity index is 1840. The van der Waals surface area contributed by atoms with Crippen molar-refractivity contribution >= 4 is 27.8 Å². The van der Waals surface area contributed by atoms with Crippen LogP contribution < -0.4 is 5.32 Å². The minimum Gasteiger partial charge on any atom is -0.358 e. The van der Waals surface area contributed by atoms with Crippen molar-refractivity contribution < 1.29 is 4.39 Å². The Morgan fingerprint density at radius 1 is 1.00 bits per heavy atom. The summed E-state index contributed by atoms with van der Waals surface area (Å²) in [5, 5.41) is 11.6. The van der Waals surface area contributed by atoms with Crippen LogP contribution in [0.25, 0.3) is 56.0 Å². The number of H-pyrrole nitrogens is 2. The Kier molecular flexibility index (Phi) is 5.91. The molecule has 1 aromatic carbocycles. The van der Waals surface area contributed by atoms with E-state index in [1.807, 2.05) is 24.3 Å². The van der Waals surface area contributed by atoms with Crippen molar-refractivity contribution in [3.05, 3.63) is 85.3 Å². The third-order valence-electron chi connectivity index (χ3n) is 6.28. The first-order chi connectivity index (χ1) is 18.7. The maximum absolute atomic E-state index is 13.9. The third kappa shape index (κ3) is 4.98. The first-order valence-electron chi connectivity index (χ1n) is 12.6. The van der Waals surface area contributed by atoms with Crippen LogP contribution in [0.1, 0.15) is 27.2 Å². The van der Waals surface area contributed by atoms with Gasteiger partial charge < -0.3 is 10.3 Å². The van der Waals surface area contributed by atoms with E-state index in [4.69, 9.17) is 4.98 Å². The molecule has 0 radical (unpaired) electrons. The first kappa shape index (κ1) is 24.4. The van der Waals surface area contributed by atoms with Crippen molar-refractivity contribution in [3.8, 4) is 33.9 Å². The number of nitrogens with zero attached hydrogens (tertiary/aromatic N) is 5. The molecule has 0 bridgehead atoms. The van der Waals surface area contributed by atoms with E-state index in [2.05, 4.69) is 62.8 Å². The summed E-state index contributed by atoms with van der Waals surface area (Å²) in [4.78, 5) is 21.6. The third-order valence-corrected chi connectivity index (χ3v) is 6.28. The van der Waals surface area contributed by atoms with E-state index >= 15 is 0 Å². The first-order valence-corrected chi connectivity index (χ1v) is 12.6. The zero-order valence-electron chi connectivity index (χ0n) is 21.9. The molecule has 0 saturated heterocycles. The molecule has 3 N–H and O–H groups in total. The molecule has 0 aliphatic carbocycles. The number of hydrogen-bond donors (Lipinski definition) is 3. The van der Waals surface area contributed by atoms with Crippen molar-refractivity contribution in [1.29, 1.82) is 0 Å². The Labute approximate surface area is 224 Å². The summed E-state index contributed by atoms with van der Waals surface area (Å²) in [6, 6.07) is 12.2. The number of allylic oxidation sites excluding steroid dienone is 1. The summed E-state index contributed by atoms with van der Waals surface area (Å²) in [6.45, 7) is 10.7. The molecular weight excluding hydrogens is 491 g/mol. The monoisotopic (exact) mass is 518 g/mol. The molecule has 8 nitrogen and oxygen atoms in total. The number of pyridine rings is 3. The SMILES string of the molecule is C=C(CC(C)(C)C)Nc1cncc(-c2cnc3n[nH]c(-c4nc5c(-c6cccc(F)c6)nccc5[nH]4)c3c2)c1. The van der Waals surface area contributed by atoms with E-state index in [1.54, 1.807) is 30.9 Å². The molecule has 0 aliphatic rings. The van der Waals surface area contributed by atoms with E-state index in [9.17, 15) is 4.39 Å². The van der Waals surface area contributed by atoms with Gasteiger partial charge in [0.2, 0.25) is 0 Å². The van der Waals surface area contributed by atoms with Crippen LogP contribution in [0.5, 0.6) is 0 Å². The van der Waals surface area contributed by atoms with Crippen molar-refractivity contribution in [2.45, 2.75) is 27.2 Å². The van der Waals surface area contributed by atoms with Gasteiger partial charge in [-0.15, -0.1) is 0 Å². The maximum atomic E-state index is 13.9. The fourth-order valence-electron chi connectivity index (χ4n) is 4.69. The summed E-state index contributed by atoms with van der Waals surface area (Å²) in [7, 11) is 0. The van der Waals surface area contributed by atoms with Gasteiger partial charge in [0, 0.05) is 41.0 Å². The lowest BCUT2D eigenvalue weighted by atomic mass is 9.91. The van der Waals surface area contributed by atoms with Gasteiger partial charge in [-0.2, -0.15) is 5.10 Å². The number of aromatic amines is 2. The van der Waals surface area contributed by atoms with Crippen molar-refractivity contribution in [1.82, 2.24) is 35.1 Å². The molecular formula is C30H27FN8. The second-order valence-electron chi connectivity index (χ2n) is 10.8. The zero-order chi connectivity index (χ0) is 27.1. The summed E-state index contributed by atoms with van der Waals surface area (Å²) >= 11 is 0. The number of hydrogen-bond acceptors (Lipinski definition) is 6. The Balaban J connectivity index is 1.37. The van der Waals surface area contributed by atoms with Gasteiger partial charge in [0.25, 0.3) is 0 Å². The average molecular weight is 519 g/mol. The maximum Gasteiger partial charge on any atom is 0.181 e. The molecule has 0 amide bonds. The van der Waals surface area contributed by atoms with Gasteiger partial charge in [-0.1, -0.05) is 39.5 Å². The quantitative estimate of drug-likeness (QED) is 0.217. The molecule has 9 heteroatoms. The van der Waals surface area contributed by atoms with Gasteiger partial charge >= 0.3 is 0 Å². The van der Waals surface area contributed by atoms with Gasteiger partial charge in [-0.3, -0.25) is 15.1 Å². The van der Waals surface area contributed by atoms with Crippen molar-refractivity contribution in [3.63, 3.8) is 0 Å². The normalized spacial score (nSPS) is 11.8. The highest BCUT2D eigenvalue weighted by molar-refractivity contribution is 5.96. The second-order valence-corrected chi connectivity index (χ2v) is 10.8. The van der Waals surface area contributed by atoms with Crippen LogP contribution in [-0.2, 0) is 0 Å². The Morgan fingerprint density at radius 3 is 2.67 bits per heavy atom. The van der Waals surface area contributed by atoms with E-state index in [0.717, 1.165) is 39.8 Å². The largest absolute Gasteiger partial charge is 0.358 e. The molecule has 39 heavy (non-hydrogen) atoms. The van der Waals surface area contributed by atoms with E-state index in [1.165, 1.54) is 12.1 Å². The molecule has 6 aromatic rings. The van der Waals surface area contributed by atoms with Gasteiger partial charge in [0.05, 0.1) is 28.5 Å². The summed E-state index contributed by atoms with van der Waals surface area (Å²) < 4.78 is 13.9. The predicted octanol–water partition coefficient (Wildman–Crippen LogP) is 7.13. The highest BCUT2D eigenvalue weighted by Gasteiger charge is 2.17. The molecule has 0 fully saturated rings. The second kappa shape index (κ2) is 9.43. The lowest BCUT2D eigenvalue weighted by Gasteiger charge is -2.20. The fourth-order valence-corrected chi connectivity index (χ4v) is 4.69. The molecule has 0 unspecified atom stereocenters. The smallest absolute Gasteiger partial charge is 0.181 e. The van der Waals surface area contributed by atoms with Gasteiger partial charge in [0.15, 0.2) is 11.5 Å². The molecule has 0 aliphatic heterocycles. The van der Waals surface area contributed by atoms with Crippen LogP contribution in [0.15, 0.2) is 79.5 Å². The van der Waals surface area contributed by atoms with E-state index in [-0.39, 0.29) is 11.2 Å². The summed E-state index contributed by atoms with van der Waals surface area (Å²) in [6.07, 6.45) is 7.89. The molecule has 6 rings (SSSR count). The van der Waals surface area contributed by atoms with Gasteiger partial charge in [0.1, 0.15) is 17.0 Å². The molecule has 0 spiro atoms. The highest BCUT2D eigenvalue weighted by atomic mass is 19.1. The zero-order valence-corrected chi connectivity index (χ0v) is 21.9. The van der Waals surface area contributed by atoms with Gasteiger partial charge in [-0.25, -0.2) is 14.4 Å². The molecule has 5 heterocycles. The van der Waals surface area contributed by atoms with Crippen LogP contribution in [-0.4, -0.2) is 35.1 Å². The van der Waals surface area contributed by atoms with Crippen LogP contribution in [0.4, 0.5) is 10.1 Å². The van der Waals surface area contributed by atoms with Crippen molar-refractivity contribution in [2.24, 2.45) is 5.41 Å². The summed E-state index contributed by atoms with van der Waals surface area (Å²) in [5.74, 6) is 0.261. The van der Waals surface area contributed by atoms with E-state index < -0.39 is 0 Å². The van der Waals surface area contributed by atoms with Crippen molar-refractivity contribution in [2.75, 3.05) is 5.32 Å².